The number of aromatic nitrogens is 2. The summed E-state index contributed by atoms with van der Waals surface area (Å²) in [4.78, 5) is 26.2. The average Bonchev–Trinajstić information content (AvgIpc) is 2.39. The zero-order valence-corrected chi connectivity index (χ0v) is 11.6. The largest absolute Gasteiger partial charge is 0.396 e. The lowest BCUT2D eigenvalue weighted by Crippen LogP contribution is -2.46. The lowest BCUT2D eigenvalue weighted by molar-refractivity contribution is 0.192. The Morgan fingerprint density at radius 3 is 2.75 bits per heavy atom. The number of aromatic amines is 2. The maximum atomic E-state index is 12.5. The summed E-state index contributed by atoms with van der Waals surface area (Å²) in [6, 6.07) is -0.315. The van der Waals surface area contributed by atoms with E-state index in [4.69, 9.17) is 5.11 Å². The number of piperidine rings is 1. The average molecular weight is 303 g/mol. The normalized spacial score (nSPS) is 20.9. The monoisotopic (exact) mass is 303 g/mol. The molecule has 0 bridgehead atoms. The van der Waals surface area contributed by atoms with Gasteiger partial charge in [0, 0.05) is 25.4 Å². The molecule has 0 aromatic carbocycles. The quantitative estimate of drug-likeness (QED) is 0.657. The predicted molar refractivity (Wildman–Crippen MR) is 70.9 cm³/mol. The minimum absolute atomic E-state index is 0.112. The Morgan fingerprint density at radius 1 is 1.35 bits per heavy atom. The van der Waals surface area contributed by atoms with Crippen LogP contribution in [0.2, 0.25) is 0 Å². The van der Waals surface area contributed by atoms with Crippen molar-refractivity contribution in [3.8, 4) is 0 Å². The first-order valence-electron chi connectivity index (χ1n) is 6.41. The molecule has 1 aromatic rings. The Balaban J connectivity index is 2.42. The maximum absolute atomic E-state index is 12.5. The number of H-pyrrole nitrogens is 2. The fourth-order valence-electron chi connectivity index (χ4n) is 2.44. The molecule has 2 heterocycles. The topological polar surface area (TPSA) is 123 Å². The van der Waals surface area contributed by atoms with Gasteiger partial charge in [-0.3, -0.25) is 9.78 Å². The molecule has 3 N–H and O–H groups in total. The molecule has 8 nitrogen and oxygen atoms in total. The van der Waals surface area contributed by atoms with E-state index in [9.17, 15) is 18.0 Å². The van der Waals surface area contributed by atoms with Gasteiger partial charge in [0.15, 0.2) is 4.90 Å². The van der Waals surface area contributed by atoms with Crippen LogP contribution >= 0.6 is 0 Å². The molecular weight excluding hydrogens is 286 g/mol. The van der Waals surface area contributed by atoms with Crippen LogP contribution in [0.4, 0.5) is 0 Å². The van der Waals surface area contributed by atoms with E-state index in [-0.39, 0.29) is 12.6 Å². The molecular formula is C11H17N3O5S. The van der Waals surface area contributed by atoms with Crippen LogP contribution in [-0.2, 0) is 10.0 Å². The number of rotatable bonds is 4. The number of nitrogens with zero attached hydrogens (tertiary/aromatic N) is 1. The zero-order chi connectivity index (χ0) is 14.8. The highest BCUT2D eigenvalue weighted by Crippen LogP contribution is 2.25. The molecule has 9 heteroatoms. The van der Waals surface area contributed by atoms with Gasteiger partial charge in [-0.25, -0.2) is 13.2 Å². The van der Waals surface area contributed by atoms with Gasteiger partial charge in [0.1, 0.15) is 0 Å². The van der Waals surface area contributed by atoms with Gasteiger partial charge in [0.25, 0.3) is 5.56 Å². The summed E-state index contributed by atoms with van der Waals surface area (Å²) in [6.07, 6.45) is 3.50. The van der Waals surface area contributed by atoms with Gasteiger partial charge in [0.2, 0.25) is 10.0 Å². The standard InChI is InChI=1S/C11H17N3O5S/c15-6-4-8-3-1-2-5-14(8)20(18,19)9-7-12-11(17)13-10(9)16/h7-8,15H,1-6H2,(H2,12,13,16,17). The Labute approximate surface area is 115 Å². The molecule has 1 saturated heterocycles. The van der Waals surface area contributed by atoms with Gasteiger partial charge in [-0.1, -0.05) is 6.42 Å². The number of aliphatic hydroxyl groups excluding tert-OH is 1. The van der Waals surface area contributed by atoms with Crippen LogP contribution in [0.25, 0.3) is 0 Å². The van der Waals surface area contributed by atoms with Crippen LogP contribution in [-0.4, -0.2) is 47.0 Å². The Morgan fingerprint density at radius 2 is 2.10 bits per heavy atom. The first-order chi connectivity index (χ1) is 9.46. The lowest BCUT2D eigenvalue weighted by atomic mass is 10.0. The second-order valence-corrected chi connectivity index (χ2v) is 6.57. The summed E-state index contributed by atoms with van der Waals surface area (Å²) in [6.45, 7) is 0.199. The summed E-state index contributed by atoms with van der Waals surface area (Å²) >= 11 is 0. The molecule has 1 aliphatic heterocycles. The molecule has 0 spiro atoms. The van der Waals surface area contributed by atoms with E-state index in [2.05, 4.69) is 4.98 Å². The highest BCUT2D eigenvalue weighted by Gasteiger charge is 2.34. The minimum Gasteiger partial charge on any atom is -0.396 e. The number of nitrogens with one attached hydrogen (secondary N) is 2. The summed E-state index contributed by atoms with van der Waals surface area (Å²) in [5.41, 5.74) is -1.68. The van der Waals surface area contributed by atoms with Crippen molar-refractivity contribution in [2.45, 2.75) is 36.6 Å². The summed E-state index contributed by atoms with van der Waals surface area (Å²) in [5.74, 6) is 0. The van der Waals surface area contributed by atoms with Crippen LogP contribution < -0.4 is 11.2 Å². The van der Waals surface area contributed by atoms with Crippen molar-refractivity contribution in [2.24, 2.45) is 0 Å². The number of hydrogen-bond donors (Lipinski definition) is 3. The minimum atomic E-state index is -3.97. The Hall–Kier alpha value is -1.45. The summed E-state index contributed by atoms with van der Waals surface area (Å²) < 4.78 is 26.3. The van der Waals surface area contributed by atoms with Crippen molar-refractivity contribution in [2.75, 3.05) is 13.2 Å². The molecule has 112 valence electrons. The molecule has 1 fully saturated rings. The summed E-state index contributed by atoms with van der Waals surface area (Å²) in [5, 5.41) is 9.03. The van der Waals surface area contributed by atoms with E-state index >= 15 is 0 Å². The third-order valence-electron chi connectivity index (χ3n) is 3.41. The first kappa shape index (κ1) is 14.9. The van der Waals surface area contributed by atoms with Crippen LogP contribution in [0, 0.1) is 0 Å². The van der Waals surface area contributed by atoms with Gasteiger partial charge in [-0.05, 0) is 19.3 Å². The third kappa shape index (κ3) is 2.84. The van der Waals surface area contributed by atoms with E-state index < -0.39 is 26.2 Å². The lowest BCUT2D eigenvalue weighted by Gasteiger charge is -2.34. The predicted octanol–water partition coefficient (Wildman–Crippen LogP) is -1.01. The van der Waals surface area contributed by atoms with Crippen molar-refractivity contribution in [3.05, 3.63) is 27.0 Å². The smallest absolute Gasteiger partial charge is 0.325 e. The SMILES string of the molecule is O=c1[nH]cc(S(=O)(=O)N2CCCCC2CCO)c(=O)[nH]1. The van der Waals surface area contributed by atoms with Crippen molar-refractivity contribution in [1.82, 2.24) is 14.3 Å². The van der Waals surface area contributed by atoms with Crippen molar-refractivity contribution in [1.29, 1.82) is 0 Å². The van der Waals surface area contributed by atoms with Gasteiger partial charge < -0.3 is 10.1 Å². The molecule has 2 rings (SSSR count). The molecule has 0 amide bonds. The molecule has 1 unspecified atom stereocenters. The van der Waals surface area contributed by atoms with Gasteiger partial charge in [-0.15, -0.1) is 0 Å². The molecule has 0 saturated carbocycles. The molecule has 1 atom stereocenters. The second-order valence-electron chi connectivity index (χ2n) is 4.71. The highest BCUT2D eigenvalue weighted by atomic mass is 32.2. The van der Waals surface area contributed by atoms with Crippen LogP contribution in [0.5, 0.6) is 0 Å². The second kappa shape index (κ2) is 5.90. The van der Waals surface area contributed by atoms with E-state index in [0.29, 0.717) is 25.8 Å². The molecule has 1 aliphatic rings. The van der Waals surface area contributed by atoms with E-state index in [1.165, 1.54) is 4.31 Å². The van der Waals surface area contributed by atoms with Gasteiger partial charge in [0.05, 0.1) is 0 Å². The molecule has 0 radical (unpaired) electrons. The van der Waals surface area contributed by atoms with Crippen LogP contribution in [0.1, 0.15) is 25.7 Å². The molecule has 1 aromatic heterocycles. The maximum Gasteiger partial charge on any atom is 0.325 e. The van der Waals surface area contributed by atoms with Crippen molar-refractivity contribution < 1.29 is 13.5 Å². The number of aliphatic hydroxyl groups is 1. The summed E-state index contributed by atoms with van der Waals surface area (Å²) in [7, 11) is -3.97. The van der Waals surface area contributed by atoms with Crippen molar-refractivity contribution >= 4 is 10.0 Å². The molecule has 0 aliphatic carbocycles. The van der Waals surface area contributed by atoms with E-state index in [1.807, 2.05) is 4.98 Å². The Kier molecular flexibility index (Phi) is 4.41. The van der Waals surface area contributed by atoms with Gasteiger partial charge >= 0.3 is 5.69 Å². The molecule has 20 heavy (non-hydrogen) atoms. The Bertz CT molecular complexity index is 676. The van der Waals surface area contributed by atoms with E-state index in [0.717, 1.165) is 12.6 Å². The number of sulfonamides is 1. The zero-order valence-electron chi connectivity index (χ0n) is 10.8. The first-order valence-corrected chi connectivity index (χ1v) is 7.85. The van der Waals surface area contributed by atoms with E-state index in [1.54, 1.807) is 0 Å². The van der Waals surface area contributed by atoms with Crippen molar-refractivity contribution in [3.63, 3.8) is 0 Å². The van der Waals surface area contributed by atoms with Crippen LogP contribution in [0.15, 0.2) is 20.7 Å². The fourth-order valence-corrected chi connectivity index (χ4v) is 4.16. The van der Waals surface area contributed by atoms with Crippen LogP contribution in [0.3, 0.4) is 0 Å². The van der Waals surface area contributed by atoms with Gasteiger partial charge in [-0.2, -0.15) is 4.31 Å². The fraction of sp³-hybridized carbons (Fsp3) is 0.636. The highest BCUT2D eigenvalue weighted by molar-refractivity contribution is 7.89. The number of hydrogen-bond acceptors (Lipinski definition) is 5. The third-order valence-corrected chi connectivity index (χ3v) is 5.36.